The van der Waals surface area contributed by atoms with E-state index >= 15 is 0 Å². The van der Waals surface area contributed by atoms with Gasteiger partial charge in [0.25, 0.3) is 5.91 Å². The molecule has 0 heterocycles. The van der Waals surface area contributed by atoms with Crippen molar-refractivity contribution in [3.8, 4) is 0 Å². The Kier molecular flexibility index (Phi) is 5.87. The SMILES string of the molecule is C[C@H](OC(=O)Cc1ccccc1F)C(=O)Nc1ccc(F)c(Cl)c1. The Balaban J connectivity index is 1.92. The molecule has 0 saturated heterocycles. The van der Waals surface area contributed by atoms with Crippen LogP contribution in [0.5, 0.6) is 0 Å². The van der Waals surface area contributed by atoms with Gasteiger partial charge in [0.05, 0.1) is 11.4 Å². The van der Waals surface area contributed by atoms with Gasteiger partial charge in [-0.3, -0.25) is 9.59 Å². The number of halogens is 3. The molecule has 24 heavy (non-hydrogen) atoms. The maximum atomic E-state index is 13.5. The number of nitrogens with one attached hydrogen (secondary N) is 1. The van der Waals surface area contributed by atoms with Crippen LogP contribution >= 0.6 is 11.6 Å². The Labute approximate surface area is 142 Å². The van der Waals surface area contributed by atoms with E-state index in [-0.39, 0.29) is 22.7 Å². The predicted octanol–water partition coefficient (Wildman–Crippen LogP) is 3.73. The van der Waals surface area contributed by atoms with Gasteiger partial charge in [0.2, 0.25) is 0 Å². The molecular formula is C17H14ClF2NO3. The summed E-state index contributed by atoms with van der Waals surface area (Å²) in [6.07, 6.45) is -1.39. The maximum absolute atomic E-state index is 13.5. The summed E-state index contributed by atoms with van der Waals surface area (Å²) >= 11 is 5.62. The number of hydrogen-bond donors (Lipinski definition) is 1. The summed E-state index contributed by atoms with van der Waals surface area (Å²) in [5, 5.41) is 2.31. The Bertz CT molecular complexity index is 767. The quantitative estimate of drug-likeness (QED) is 0.833. The minimum absolute atomic E-state index is 0.142. The second-order valence-corrected chi connectivity index (χ2v) is 5.43. The van der Waals surface area contributed by atoms with E-state index in [0.717, 1.165) is 6.07 Å². The first-order valence-electron chi connectivity index (χ1n) is 7.05. The summed E-state index contributed by atoms with van der Waals surface area (Å²) < 4.78 is 31.5. The average Bonchev–Trinajstić information content (AvgIpc) is 2.53. The minimum Gasteiger partial charge on any atom is -0.452 e. The lowest BCUT2D eigenvalue weighted by atomic mass is 10.1. The maximum Gasteiger partial charge on any atom is 0.311 e. The number of rotatable bonds is 5. The highest BCUT2D eigenvalue weighted by molar-refractivity contribution is 6.31. The largest absolute Gasteiger partial charge is 0.452 e. The molecule has 0 aliphatic rings. The first-order chi connectivity index (χ1) is 11.4. The molecule has 2 aromatic carbocycles. The topological polar surface area (TPSA) is 55.4 Å². The molecule has 2 rings (SSSR count). The summed E-state index contributed by atoms with van der Waals surface area (Å²) in [5.41, 5.74) is 0.448. The van der Waals surface area contributed by atoms with Crippen LogP contribution in [-0.2, 0) is 20.7 Å². The van der Waals surface area contributed by atoms with Crippen LogP contribution in [0, 0.1) is 11.6 Å². The molecule has 0 aliphatic carbocycles. The number of esters is 1. The lowest BCUT2D eigenvalue weighted by molar-refractivity contribution is -0.152. The van der Waals surface area contributed by atoms with Crippen LogP contribution in [0.15, 0.2) is 42.5 Å². The number of carbonyl (C=O) groups is 2. The Morgan fingerprint density at radius 1 is 1.17 bits per heavy atom. The number of amides is 1. The fraction of sp³-hybridized carbons (Fsp3) is 0.176. The molecule has 0 spiro atoms. The van der Waals surface area contributed by atoms with Crippen molar-refractivity contribution in [2.45, 2.75) is 19.4 Å². The Hall–Kier alpha value is -2.47. The smallest absolute Gasteiger partial charge is 0.311 e. The lowest BCUT2D eigenvalue weighted by Gasteiger charge is -2.14. The second-order valence-electron chi connectivity index (χ2n) is 5.02. The van der Waals surface area contributed by atoms with Gasteiger partial charge in [-0.05, 0) is 36.8 Å². The molecule has 2 aromatic rings. The van der Waals surface area contributed by atoms with Gasteiger partial charge >= 0.3 is 5.97 Å². The van der Waals surface area contributed by atoms with Crippen LogP contribution < -0.4 is 5.32 Å². The van der Waals surface area contributed by atoms with E-state index in [0.29, 0.717) is 0 Å². The summed E-state index contributed by atoms with van der Waals surface area (Å²) in [5.74, 6) is -2.48. The molecular weight excluding hydrogens is 340 g/mol. The van der Waals surface area contributed by atoms with Crippen LogP contribution in [-0.4, -0.2) is 18.0 Å². The van der Waals surface area contributed by atoms with Crippen molar-refractivity contribution in [3.63, 3.8) is 0 Å². The highest BCUT2D eigenvalue weighted by atomic mass is 35.5. The van der Waals surface area contributed by atoms with Crippen molar-refractivity contribution >= 4 is 29.2 Å². The number of carbonyl (C=O) groups excluding carboxylic acids is 2. The van der Waals surface area contributed by atoms with Crippen LogP contribution in [0.2, 0.25) is 5.02 Å². The highest BCUT2D eigenvalue weighted by Gasteiger charge is 2.19. The van der Waals surface area contributed by atoms with Crippen molar-refractivity contribution in [1.29, 1.82) is 0 Å². The monoisotopic (exact) mass is 353 g/mol. The van der Waals surface area contributed by atoms with E-state index in [2.05, 4.69) is 5.32 Å². The summed E-state index contributed by atoms with van der Waals surface area (Å²) in [6, 6.07) is 9.47. The highest BCUT2D eigenvalue weighted by Crippen LogP contribution is 2.19. The fourth-order valence-corrected chi connectivity index (χ4v) is 2.09. The van der Waals surface area contributed by atoms with Crippen molar-refractivity contribution in [2.75, 3.05) is 5.32 Å². The average molecular weight is 354 g/mol. The molecule has 4 nitrogen and oxygen atoms in total. The molecule has 0 bridgehead atoms. The normalized spacial score (nSPS) is 11.7. The van der Waals surface area contributed by atoms with Crippen LogP contribution in [0.3, 0.4) is 0 Å². The zero-order valence-electron chi connectivity index (χ0n) is 12.7. The molecule has 1 amide bonds. The van der Waals surface area contributed by atoms with E-state index in [1.54, 1.807) is 6.07 Å². The van der Waals surface area contributed by atoms with E-state index in [1.807, 2.05) is 0 Å². The van der Waals surface area contributed by atoms with E-state index < -0.39 is 29.6 Å². The van der Waals surface area contributed by atoms with Crippen molar-refractivity contribution in [3.05, 3.63) is 64.7 Å². The van der Waals surface area contributed by atoms with E-state index in [1.165, 1.54) is 37.3 Å². The van der Waals surface area contributed by atoms with E-state index in [9.17, 15) is 18.4 Å². The number of anilines is 1. The summed E-state index contributed by atoms with van der Waals surface area (Å²) in [7, 11) is 0. The zero-order valence-corrected chi connectivity index (χ0v) is 13.4. The van der Waals surface area contributed by atoms with Crippen LogP contribution in [0.1, 0.15) is 12.5 Å². The van der Waals surface area contributed by atoms with Crippen LogP contribution in [0.25, 0.3) is 0 Å². The number of benzene rings is 2. The molecule has 126 valence electrons. The molecule has 0 fully saturated rings. The minimum atomic E-state index is -1.10. The molecule has 1 N–H and O–H groups in total. The fourth-order valence-electron chi connectivity index (χ4n) is 1.91. The van der Waals surface area contributed by atoms with Crippen molar-refractivity contribution < 1.29 is 23.1 Å². The second kappa shape index (κ2) is 7.88. The van der Waals surface area contributed by atoms with Gasteiger partial charge in [-0.1, -0.05) is 29.8 Å². The van der Waals surface area contributed by atoms with Gasteiger partial charge in [-0.15, -0.1) is 0 Å². The Morgan fingerprint density at radius 2 is 1.88 bits per heavy atom. The third-order valence-electron chi connectivity index (χ3n) is 3.16. The first kappa shape index (κ1) is 17.9. The standard InChI is InChI=1S/C17H14ClF2NO3/c1-10(17(23)21-12-6-7-15(20)13(18)9-12)24-16(22)8-11-4-2-3-5-14(11)19/h2-7,9-10H,8H2,1H3,(H,21,23)/t10-/m0/s1. The Morgan fingerprint density at radius 3 is 2.54 bits per heavy atom. The van der Waals surface area contributed by atoms with Gasteiger partial charge in [-0.2, -0.15) is 0 Å². The van der Waals surface area contributed by atoms with Crippen LogP contribution in [0.4, 0.5) is 14.5 Å². The van der Waals surface area contributed by atoms with Crippen molar-refractivity contribution in [1.82, 2.24) is 0 Å². The molecule has 7 heteroatoms. The number of ether oxygens (including phenoxy) is 1. The molecule has 0 radical (unpaired) electrons. The molecule has 0 aliphatic heterocycles. The number of hydrogen-bond acceptors (Lipinski definition) is 3. The van der Waals surface area contributed by atoms with Gasteiger partial charge in [0.1, 0.15) is 11.6 Å². The molecule has 0 aromatic heterocycles. The molecule has 1 atom stereocenters. The zero-order chi connectivity index (χ0) is 17.7. The predicted molar refractivity (Wildman–Crippen MR) is 85.7 cm³/mol. The van der Waals surface area contributed by atoms with Gasteiger partial charge in [0.15, 0.2) is 6.10 Å². The summed E-state index contributed by atoms with van der Waals surface area (Å²) in [6.45, 7) is 1.37. The third-order valence-corrected chi connectivity index (χ3v) is 3.45. The summed E-state index contributed by atoms with van der Waals surface area (Å²) in [4.78, 5) is 23.8. The van der Waals surface area contributed by atoms with Gasteiger partial charge in [0, 0.05) is 5.69 Å². The third kappa shape index (κ3) is 4.76. The van der Waals surface area contributed by atoms with Gasteiger partial charge in [-0.25, -0.2) is 8.78 Å². The lowest BCUT2D eigenvalue weighted by Crippen LogP contribution is -2.30. The van der Waals surface area contributed by atoms with Crippen molar-refractivity contribution in [2.24, 2.45) is 0 Å². The van der Waals surface area contributed by atoms with Gasteiger partial charge < -0.3 is 10.1 Å². The van der Waals surface area contributed by atoms with E-state index in [4.69, 9.17) is 16.3 Å². The first-order valence-corrected chi connectivity index (χ1v) is 7.43. The molecule has 0 saturated carbocycles. The molecule has 0 unspecified atom stereocenters.